The third kappa shape index (κ3) is 3.90. The summed E-state index contributed by atoms with van der Waals surface area (Å²) in [5.74, 6) is 1.20. The Kier molecular flexibility index (Phi) is 5.38. The van der Waals surface area contributed by atoms with Gasteiger partial charge in [0.05, 0.1) is 23.7 Å². The third-order valence-electron chi connectivity index (χ3n) is 4.51. The van der Waals surface area contributed by atoms with Gasteiger partial charge in [-0.1, -0.05) is 41.4 Å². The summed E-state index contributed by atoms with van der Waals surface area (Å²) in [6.07, 6.45) is 3.59. The number of benzene rings is 3. The van der Waals surface area contributed by atoms with E-state index in [1.165, 1.54) is 0 Å². The molecule has 1 heterocycles. The Bertz CT molecular complexity index is 1280. The maximum atomic E-state index is 13.2. The van der Waals surface area contributed by atoms with Crippen LogP contribution in [0, 0.1) is 0 Å². The molecule has 0 aliphatic rings. The fourth-order valence-electron chi connectivity index (χ4n) is 3.04. The topological polar surface area (TPSA) is 44.1 Å². The Balaban J connectivity index is 1.91. The second-order valence-electron chi connectivity index (χ2n) is 6.32. The monoisotopic (exact) mass is 422 g/mol. The third-order valence-corrected chi connectivity index (χ3v) is 5.07. The van der Waals surface area contributed by atoms with Crippen molar-refractivity contribution in [3.8, 4) is 11.4 Å². The van der Waals surface area contributed by atoms with Crippen LogP contribution in [0.2, 0.25) is 10.0 Å². The summed E-state index contributed by atoms with van der Waals surface area (Å²) in [4.78, 5) is 17.9. The second kappa shape index (κ2) is 8.11. The van der Waals surface area contributed by atoms with Crippen molar-refractivity contribution < 1.29 is 4.74 Å². The van der Waals surface area contributed by atoms with Crippen molar-refractivity contribution >= 4 is 46.3 Å². The molecule has 0 spiro atoms. The highest BCUT2D eigenvalue weighted by molar-refractivity contribution is 6.35. The molecular formula is C23H16Cl2N2O2. The van der Waals surface area contributed by atoms with Crippen molar-refractivity contribution in [1.29, 1.82) is 0 Å². The molecule has 4 nitrogen and oxygen atoms in total. The van der Waals surface area contributed by atoms with Gasteiger partial charge in [-0.2, -0.15) is 0 Å². The first-order valence-corrected chi connectivity index (χ1v) is 9.62. The minimum absolute atomic E-state index is 0.150. The highest BCUT2D eigenvalue weighted by atomic mass is 35.5. The summed E-state index contributed by atoms with van der Waals surface area (Å²) in [7, 11) is 1.60. The molecule has 3 aromatic carbocycles. The first-order valence-electron chi connectivity index (χ1n) is 8.86. The van der Waals surface area contributed by atoms with Crippen LogP contribution in [0.15, 0.2) is 71.5 Å². The molecule has 0 saturated carbocycles. The maximum Gasteiger partial charge on any atom is 0.266 e. The van der Waals surface area contributed by atoms with Gasteiger partial charge in [0.2, 0.25) is 0 Å². The van der Waals surface area contributed by atoms with E-state index in [9.17, 15) is 4.79 Å². The van der Waals surface area contributed by atoms with E-state index in [1.54, 1.807) is 48.1 Å². The number of rotatable bonds is 4. The molecule has 0 amide bonds. The molecule has 29 heavy (non-hydrogen) atoms. The fraction of sp³-hybridized carbons (Fsp3) is 0.0435. The summed E-state index contributed by atoms with van der Waals surface area (Å²) in [5, 5.41) is 1.63. The number of nitrogens with zero attached hydrogens (tertiary/aromatic N) is 2. The van der Waals surface area contributed by atoms with E-state index in [0.29, 0.717) is 38.2 Å². The van der Waals surface area contributed by atoms with Crippen molar-refractivity contribution in [2.45, 2.75) is 0 Å². The van der Waals surface area contributed by atoms with E-state index in [-0.39, 0.29) is 5.56 Å². The van der Waals surface area contributed by atoms with Gasteiger partial charge in [-0.05, 0) is 66.2 Å². The lowest BCUT2D eigenvalue weighted by molar-refractivity contribution is 0.414. The molecular weight excluding hydrogens is 407 g/mol. The minimum atomic E-state index is -0.150. The molecule has 0 radical (unpaired) electrons. The van der Waals surface area contributed by atoms with Crippen LogP contribution in [0.4, 0.5) is 0 Å². The lowest BCUT2D eigenvalue weighted by Gasteiger charge is -2.12. The quantitative estimate of drug-likeness (QED) is 0.412. The molecule has 4 aromatic rings. The van der Waals surface area contributed by atoms with Gasteiger partial charge in [-0.25, -0.2) is 4.98 Å². The standard InChI is InChI=1S/C23H16Cl2N2O2/c1-29-18-11-9-17(10-12-18)27-22(13-7-15-6-8-16(24)14-20(15)25)26-21-5-3-2-4-19(21)23(27)28/h2-14H,1H3. The molecule has 1 aromatic heterocycles. The highest BCUT2D eigenvalue weighted by Gasteiger charge is 2.11. The van der Waals surface area contributed by atoms with Gasteiger partial charge in [-0.3, -0.25) is 9.36 Å². The van der Waals surface area contributed by atoms with Gasteiger partial charge in [0, 0.05) is 10.0 Å². The zero-order chi connectivity index (χ0) is 20.4. The van der Waals surface area contributed by atoms with Crippen LogP contribution in [0.1, 0.15) is 11.4 Å². The van der Waals surface area contributed by atoms with Gasteiger partial charge in [0.15, 0.2) is 0 Å². The van der Waals surface area contributed by atoms with Crippen LogP contribution in [-0.4, -0.2) is 16.7 Å². The fourth-order valence-corrected chi connectivity index (χ4v) is 3.51. The summed E-state index contributed by atoms with van der Waals surface area (Å²) >= 11 is 12.2. The average molecular weight is 423 g/mol. The smallest absolute Gasteiger partial charge is 0.266 e. The number of hydrogen-bond donors (Lipinski definition) is 0. The molecule has 0 N–H and O–H groups in total. The first kappa shape index (κ1) is 19.2. The Labute approximate surface area is 177 Å². The molecule has 0 aliphatic heterocycles. The first-order chi connectivity index (χ1) is 14.1. The van der Waals surface area contributed by atoms with E-state index < -0.39 is 0 Å². The molecule has 0 bridgehead atoms. The SMILES string of the molecule is COc1ccc(-n2c(C=Cc3ccc(Cl)cc3Cl)nc3ccccc3c2=O)cc1. The molecule has 0 fully saturated rings. The lowest BCUT2D eigenvalue weighted by Crippen LogP contribution is -2.22. The number of fused-ring (bicyclic) bond motifs is 1. The number of para-hydroxylation sites is 1. The highest BCUT2D eigenvalue weighted by Crippen LogP contribution is 2.23. The van der Waals surface area contributed by atoms with Crippen molar-refractivity contribution in [2.75, 3.05) is 7.11 Å². The summed E-state index contributed by atoms with van der Waals surface area (Å²) < 4.78 is 6.79. The summed E-state index contributed by atoms with van der Waals surface area (Å²) in [5.41, 5.74) is 1.95. The van der Waals surface area contributed by atoms with Gasteiger partial charge in [0.25, 0.3) is 5.56 Å². The number of hydrogen-bond acceptors (Lipinski definition) is 3. The minimum Gasteiger partial charge on any atom is -0.497 e. The van der Waals surface area contributed by atoms with Crippen LogP contribution in [-0.2, 0) is 0 Å². The van der Waals surface area contributed by atoms with Crippen LogP contribution >= 0.6 is 23.2 Å². The zero-order valence-corrected chi connectivity index (χ0v) is 17.0. The van der Waals surface area contributed by atoms with Crippen LogP contribution < -0.4 is 10.3 Å². The van der Waals surface area contributed by atoms with Crippen LogP contribution in [0.5, 0.6) is 5.75 Å². The van der Waals surface area contributed by atoms with Crippen molar-refractivity contribution in [3.05, 3.63) is 98.5 Å². The Morgan fingerprint density at radius 1 is 0.966 bits per heavy atom. The van der Waals surface area contributed by atoms with Crippen molar-refractivity contribution in [3.63, 3.8) is 0 Å². The number of aromatic nitrogens is 2. The Hall–Kier alpha value is -3.08. The Morgan fingerprint density at radius 3 is 2.45 bits per heavy atom. The number of halogens is 2. The second-order valence-corrected chi connectivity index (χ2v) is 7.17. The van der Waals surface area contributed by atoms with E-state index >= 15 is 0 Å². The zero-order valence-electron chi connectivity index (χ0n) is 15.5. The molecule has 0 aliphatic carbocycles. The predicted molar refractivity (Wildman–Crippen MR) is 119 cm³/mol. The summed E-state index contributed by atoms with van der Waals surface area (Å²) in [6.45, 7) is 0. The van der Waals surface area contributed by atoms with Crippen LogP contribution in [0.3, 0.4) is 0 Å². The molecule has 0 unspecified atom stereocenters. The van der Waals surface area contributed by atoms with Crippen molar-refractivity contribution in [1.82, 2.24) is 9.55 Å². The van der Waals surface area contributed by atoms with Crippen LogP contribution in [0.25, 0.3) is 28.7 Å². The van der Waals surface area contributed by atoms with Gasteiger partial charge >= 0.3 is 0 Å². The number of methoxy groups -OCH3 is 1. The normalized spacial score (nSPS) is 11.3. The van der Waals surface area contributed by atoms with Gasteiger partial charge in [0.1, 0.15) is 11.6 Å². The van der Waals surface area contributed by atoms with E-state index in [0.717, 1.165) is 5.56 Å². The van der Waals surface area contributed by atoms with E-state index in [1.807, 2.05) is 42.5 Å². The lowest BCUT2D eigenvalue weighted by atomic mass is 10.2. The molecule has 4 rings (SSSR count). The Morgan fingerprint density at radius 2 is 1.72 bits per heavy atom. The molecule has 0 saturated heterocycles. The van der Waals surface area contributed by atoms with E-state index in [4.69, 9.17) is 32.9 Å². The van der Waals surface area contributed by atoms with Crippen molar-refractivity contribution in [2.24, 2.45) is 0 Å². The molecule has 6 heteroatoms. The largest absolute Gasteiger partial charge is 0.497 e. The molecule has 144 valence electrons. The predicted octanol–water partition coefficient (Wildman–Crippen LogP) is 5.87. The number of ether oxygens (including phenoxy) is 1. The summed E-state index contributed by atoms with van der Waals surface area (Å²) in [6, 6.07) is 19.8. The molecule has 0 atom stereocenters. The van der Waals surface area contributed by atoms with Gasteiger partial charge < -0.3 is 4.74 Å². The maximum absolute atomic E-state index is 13.2. The van der Waals surface area contributed by atoms with Gasteiger partial charge in [-0.15, -0.1) is 0 Å². The van der Waals surface area contributed by atoms with E-state index in [2.05, 4.69) is 0 Å². The average Bonchev–Trinajstić information content (AvgIpc) is 2.73.